The standard InChI is InChI=1S/C26H25F4N7O4/c1-3-23(40)35-7-6-19(20(38)12-35)37-14(2)24(33-34-37)15-8-22(25-17(26(28,29)30)10-32-36(25)11-15)41-13-21(39)18-5-4-16(27)9-31-18/h3-5,8-11,19-21,38-39H,1,6-7,12-13H2,2H3/t19-,20+,21?/m1/s1. The average molecular weight is 576 g/mol. The van der Waals surface area contributed by atoms with Gasteiger partial charge >= 0.3 is 6.18 Å². The predicted molar refractivity (Wildman–Crippen MR) is 135 cm³/mol. The summed E-state index contributed by atoms with van der Waals surface area (Å²) >= 11 is 0. The van der Waals surface area contributed by atoms with E-state index in [9.17, 15) is 32.6 Å². The minimum absolute atomic E-state index is 0.0707. The summed E-state index contributed by atoms with van der Waals surface area (Å²) < 4.78 is 62.7. The minimum Gasteiger partial charge on any atom is -0.488 e. The SMILES string of the molecule is C=CC(=O)N1CC[C@@H](n2nnc(-c3cc(OCC(O)c4ccc(F)cn4)c4c(C(F)(F)F)cnn4c3)c2C)[C@@H](O)C1. The van der Waals surface area contributed by atoms with Gasteiger partial charge in [-0.15, -0.1) is 5.10 Å². The summed E-state index contributed by atoms with van der Waals surface area (Å²) in [5, 5.41) is 33.4. The maximum absolute atomic E-state index is 13.8. The van der Waals surface area contributed by atoms with Crippen LogP contribution in [0.5, 0.6) is 5.75 Å². The van der Waals surface area contributed by atoms with Crippen LogP contribution in [0.4, 0.5) is 17.6 Å². The molecular formula is C26H25F4N7O4. The van der Waals surface area contributed by atoms with Crippen molar-refractivity contribution >= 4 is 11.4 Å². The van der Waals surface area contributed by atoms with Gasteiger partial charge in [-0.25, -0.2) is 13.6 Å². The number of hydrogen-bond donors (Lipinski definition) is 2. The molecule has 1 unspecified atom stereocenters. The van der Waals surface area contributed by atoms with Crippen LogP contribution < -0.4 is 4.74 Å². The number of hydrogen-bond acceptors (Lipinski definition) is 8. The Kier molecular flexibility index (Phi) is 7.48. The van der Waals surface area contributed by atoms with Gasteiger partial charge in [-0.3, -0.25) is 9.78 Å². The average Bonchev–Trinajstić information content (AvgIpc) is 3.55. The Balaban J connectivity index is 1.48. The summed E-state index contributed by atoms with van der Waals surface area (Å²) in [6, 6.07) is 3.17. The van der Waals surface area contributed by atoms with Crippen molar-refractivity contribution in [2.24, 2.45) is 0 Å². The maximum Gasteiger partial charge on any atom is 0.420 e. The lowest BCUT2D eigenvalue weighted by Crippen LogP contribution is -2.47. The van der Waals surface area contributed by atoms with Gasteiger partial charge in [-0.1, -0.05) is 11.8 Å². The van der Waals surface area contributed by atoms with Crippen LogP contribution in [0.2, 0.25) is 0 Å². The molecule has 1 aliphatic heterocycles. The first kappa shape index (κ1) is 28.2. The lowest BCUT2D eigenvalue weighted by atomic mass is 10.0. The number of fused-ring (bicyclic) bond motifs is 1. The number of carbonyl (C=O) groups excluding carboxylic acids is 1. The first-order valence-corrected chi connectivity index (χ1v) is 12.5. The summed E-state index contributed by atoms with van der Waals surface area (Å²) in [6.45, 7) is 5.11. The lowest BCUT2D eigenvalue weighted by Gasteiger charge is -2.35. The van der Waals surface area contributed by atoms with Crippen LogP contribution in [-0.2, 0) is 11.0 Å². The lowest BCUT2D eigenvalue weighted by molar-refractivity contribution is -0.136. The Labute approximate surface area is 230 Å². The van der Waals surface area contributed by atoms with Crippen LogP contribution >= 0.6 is 0 Å². The number of halogens is 4. The highest BCUT2D eigenvalue weighted by atomic mass is 19.4. The van der Waals surface area contributed by atoms with Crippen molar-refractivity contribution in [1.29, 1.82) is 0 Å². The monoisotopic (exact) mass is 575 g/mol. The molecule has 0 spiro atoms. The molecule has 1 saturated heterocycles. The van der Waals surface area contributed by atoms with Gasteiger partial charge in [0.25, 0.3) is 0 Å². The van der Waals surface area contributed by atoms with Gasteiger partial charge in [0.05, 0.1) is 35.9 Å². The van der Waals surface area contributed by atoms with E-state index in [1.807, 2.05) is 0 Å². The molecule has 1 amide bonds. The van der Waals surface area contributed by atoms with Crippen molar-refractivity contribution in [2.75, 3.05) is 19.7 Å². The zero-order chi connectivity index (χ0) is 29.5. The Morgan fingerprint density at radius 2 is 2.10 bits per heavy atom. The summed E-state index contributed by atoms with van der Waals surface area (Å²) in [4.78, 5) is 17.2. The molecule has 15 heteroatoms. The number of β-amino-alcohol motifs (C(OH)–C–C–N with tert-alkyl or cyclic N) is 1. The topological polar surface area (TPSA) is 131 Å². The molecule has 0 aliphatic carbocycles. The predicted octanol–water partition coefficient (Wildman–Crippen LogP) is 2.89. The molecule has 4 aromatic heterocycles. The number of ether oxygens (including phenoxy) is 1. The van der Waals surface area contributed by atoms with Crippen LogP contribution in [0.25, 0.3) is 16.8 Å². The van der Waals surface area contributed by atoms with Crippen LogP contribution in [0.1, 0.15) is 35.5 Å². The van der Waals surface area contributed by atoms with Gasteiger partial charge in [0, 0.05) is 24.8 Å². The molecule has 4 aromatic rings. The Morgan fingerprint density at radius 3 is 2.76 bits per heavy atom. The van der Waals surface area contributed by atoms with Crippen LogP contribution in [0.3, 0.4) is 0 Å². The summed E-state index contributed by atoms with van der Waals surface area (Å²) in [7, 11) is 0. The highest BCUT2D eigenvalue weighted by Crippen LogP contribution is 2.39. The number of aliphatic hydroxyl groups is 2. The van der Waals surface area contributed by atoms with Crippen molar-refractivity contribution in [2.45, 2.75) is 37.8 Å². The fraction of sp³-hybridized carbons (Fsp3) is 0.346. The van der Waals surface area contributed by atoms with Gasteiger partial charge in [-0.05, 0) is 37.6 Å². The van der Waals surface area contributed by atoms with E-state index in [1.165, 1.54) is 34.0 Å². The van der Waals surface area contributed by atoms with E-state index in [-0.39, 0.29) is 29.4 Å². The number of amides is 1. The van der Waals surface area contributed by atoms with Crippen molar-refractivity contribution in [3.05, 3.63) is 72.2 Å². The Bertz CT molecular complexity index is 1590. The summed E-state index contributed by atoms with van der Waals surface area (Å²) in [5.41, 5.74) is -0.212. The molecule has 1 fully saturated rings. The second kappa shape index (κ2) is 10.9. The number of rotatable bonds is 7. The molecule has 216 valence electrons. The molecule has 3 atom stereocenters. The Hall–Kier alpha value is -4.37. The quantitative estimate of drug-likeness (QED) is 0.254. The zero-order valence-corrected chi connectivity index (χ0v) is 21.7. The second-order valence-electron chi connectivity index (χ2n) is 9.55. The molecule has 41 heavy (non-hydrogen) atoms. The van der Waals surface area contributed by atoms with Gasteiger partial charge in [0.2, 0.25) is 5.91 Å². The highest BCUT2D eigenvalue weighted by Gasteiger charge is 2.37. The Morgan fingerprint density at radius 1 is 1.32 bits per heavy atom. The first-order chi connectivity index (χ1) is 19.5. The zero-order valence-electron chi connectivity index (χ0n) is 21.7. The third kappa shape index (κ3) is 5.50. The first-order valence-electron chi connectivity index (χ1n) is 12.5. The van der Waals surface area contributed by atoms with Gasteiger partial charge in [-0.2, -0.15) is 18.3 Å². The third-order valence-corrected chi connectivity index (χ3v) is 6.92. The molecule has 5 heterocycles. The van der Waals surface area contributed by atoms with Crippen molar-refractivity contribution < 1.29 is 37.3 Å². The number of pyridine rings is 2. The molecule has 0 saturated carbocycles. The summed E-state index contributed by atoms with van der Waals surface area (Å²) in [5.74, 6) is -1.15. The fourth-order valence-electron chi connectivity index (χ4n) is 4.83. The molecule has 0 bridgehead atoms. The molecule has 2 N–H and O–H groups in total. The van der Waals surface area contributed by atoms with Gasteiger partial charge in [0.1, 0.15) is 41.1 Å². The van der Waals surface area contributed by atoms with Crippen molar-refractivity contribution in [3.8, 4) is 17.0 Å². The molecular weight excluding hydrogens is 550 g/mol. The number of carbonyl (C=O) groups is 1. The normalized spacial score (nSPS) is 18.5. The molecule has 0 aromatic carbocycles. The van der Waals surface area contributed by atoms with Crippen LogP contribution in [-0.4, -0.2) is 76.4 Å². The molecule has 1 aliphatic rings. The van der Waals surface area contributed by atoms with Gasteiger partial charge < -0.3 is 19.8 Å². The highest BCUT2D eigenvalue weighted by molar-refractivity contribution is 5.87. The van der Waals surface area contributed by atoms with E-state index < -0.39 is 42.4 Å². The van der Waals surface area contributed by atoms with Gasteiger partial charge in [0.15, 0.2) is 0 Å². The van der Waals surface area contributed by atoms with E-state index in [4.69, 9.17) is 4.74 Å². The van der Waals surface area contributed by atoms with Crippen LogP contribution in [0.15, 0.2) is 49.4 Å². The largest absolute Gasteiger partial charge is 0.488 e. The number of piperidine rings is 1. The molecule has 5 rings (SSSR count). The number of aliphatic hydroxyl groups excluding tert-OH is 2. The van der Waals surface area contributed by atoms with E-state index >= 15 is 0 Å². The van der Waals surface area contributed by atoms with Crippen LogP contribution in [0, 0.1) is 12.7 Å². The van der Waals surface area contributed by atoms with E-state index in [0.717, 1.165) is 16.8 Å². The van der Waals surface area contributed by atoms with E-state index in [1.54, 1.807) is 6.92 Å². The number of likely N-dealkylation sites (tertiary alicyclic amines) is 1. The third-order valence-electron chi connectivity index (χ3n) is 6.92. The maximum atomic E-state index is 13.8. The van der Waals surface area contributed by atoms with E-state index in [2.05, 4.69) is 27.0 Å². The smallest absolute Gasteiger partial charge is 0.420 e. The van der Waals surface area contributed by atoms with E-state index in [0.29, 0.717) is 36.1 Å². The minimum atomic E-state index is -4.74. The second-order valence-corrected chi connectivity index (χ2v) is 9.55. The van der Waals surface area contributed by atoms with Crippen molar-refractivity contribution in [1.82, 2.24) is 34.5 Å². The van der Waals surface area contributed by atoms with Crippen molar-refractivity contribution in [3.63, 3.8) is 0 Å². The number of alkyl halides is 3. The molecule has 0 radical (unpaired) electrons. The number of nitrogens with zero attached hydrogens (tertiary/aromatic N) is 7. The number of aromatic nitrogens is 6. The fourth-order valence-corrected chi connectivity index (χ4v) is 4.83. The molecule has 11 nitrogen and oxygen atoms in total. The summed E-state index contributed by atoms with van der Waals surface area (Å²) in [6.07, 6.45) is -2.56.